The van der Waals surface area contributed by atoms with Gasteiger partial charge in [0.25, 0.3) is 0 Å². The molecule has 17 heavy (non-hydrogen) atoms. The summed E-state index contributed by atoms with van der Waals surface area (Å²) >= 11 is 0. The van der Waals surface area contributed by atoms with Crippen LogP contribution in [0.5, 0.6) is 0 Å². The van der Waals surface area contributed by atoms with Gasteiger partial charge in [-0.3, -0.25) is 9.78 Å². The number of hydrogen-bond donors (Lipinski definition) is 2. The van der Waals surface area contributed by atoms with Crippen molar-refractivity contribution in [3.8, 4) is 0 Å². The number of nitrogens with two attached hydrogens (primary N) is 1. The minimum absolute atomic E-state index is 0.0752. The highest BCUT2D eigenvalue weighted by atomic mass is 16.2. The molecule has 1 aromatic heterocycles. The number of amides is 1. The van der Waals surface area contributed by atoms with Crippen LogP contribution in [0.4, 0.5) is 11.4 Å². The summed E-state index contributed by atoms with van der Waals surface area (Å²) in [6.45, 7) is 7.20. The van der Waals surface area contributed by atoms with E-state index in [1.807, 2.05) is 20.8 Å². The van der Waals surface area contributed by atoms with E-state index >= 15 is 0 Å². The second kappa shape index (κ2) is 6.08. The Morgan fingerprint density at radius 1 is 1.53 bits per heavy atom. The number of nitrogens with zero attached hydrogens (tertiary/aromatic N) is 2. The third-order valence-corrected chi connectivity index (χ3v) is 2.67. The summed E-state index contributed by atoms with van der Waals surface area (Å²) in [4.78, 5) is 17.7. The molecule has 1 rings (SSSR count). The largest absolute Gasteiger partial charge is 0.396 e. The second-order valence-corrected chi connectivity index (χ2v) is 3.84. The minimum atomic E-state index is -0.292. The van der Waals surface area contributed by atoms with E-state index in [-0.39, 0.29) is 11.9 Å². The van der Waals surface area contributed by atoms with Gasteiger partial charge in [0.2, 0.25) is 5.91 Å². The number of aromatic nitrogens is 1. The van der Waals surface area contributed by atoms with Gasteiger partial charge in [-0.05, 0) is 26.8 Å². The smallest absolute Gasteiger partial charge is 0.244 e. The Bertz CT molecular complexity index is 377. The summed E-state index contributed by atoms with van der Waals surface area (Å²) in [5, 5.41) is 3.10. The van der Waals surface area contributed by atoms with Crippen molar-refractivity contribution in [1.82, 2.24) is 9.88 Å². The molecule has 0 saturated carbocycles. The van der Waals surface area contributed by atoms with Gasteiger partial charge >= 0.3 is 0 Å². The number of rotatable bonds is 5. The normalized spacial score (nSPS) is 11.9. The van der Waals surface area contributed by atoms with Crippen molar-refractivity contribution in [2.75, 3.05) is 24.1 Å². The van der Waals surface area contributed by atoms with Crippen LogP contribution in [0.25, 0.3) is 0 Å². The van der Waals surface area contributed by atoms with E-state index in [9.17, 15) is 4.79 Å². The van der Waals surface area contributed by atoms with E-state index in [0.717, 1.165) is 5.69 Å². The molecule has 5 nitrogen and oxygen atoms in total. The van der Waals surface area contributed by atoms with Crippen molar-refractivity contribution in [3.63, 3.8) is 0 Å². The van der Waals surface area contributed by atoms with Gasteiger partial charge in [0.15, 0.2) is 0 Å². The van der Waals surface area contributed by atoms with E-state index in [2.05, 4.69) is 10.3 Å². The summed E-state index contributed by atoms with van der Waals surface area (Å²) in [7, 11) is 0. The first-order chi connectivity index (χ1) is 8.10. The maximum absolute atomic E-state index is 12.0. The maximum atomic E-state index is 12.0. The number of pyridine rings is 1. The summed E-state index contributed by atoms with van der Waals surface area (Å²) in [6, 6.07) is 1.47. The van der Waals surface area contributed by atoms with Crippen molar-refractivity contribution in [2.24, 2.45) is 0 Å². The van der Waals surface area contributed by atoms with E-state index < -0.39 is 0 Å². The molecule has 1 heterocycles. The highest BCUT2D eigenvalue weighted by molar-refractivity contribution is 5.85. The van der Waals surface area contributed by atoms with E-state index in [1.165, 1.54) is 0 Å². The first kappa shape index (κ1) is 13.3. The lowest BCUT2D eigenvalue weighted by molar-refractivity contribution is -0.131. The molecule has 0 aliphatic rings. The Labute approximate surface area is 102 Å². The van der Waals surface area contributed by atoms with Crippen molar-refractivity contribution in [2.45, 2.75) is 26.8 Å². The molecule has 0 fully saturated rings. The predicted molar refractivity (Wildman–Crippen MR) is 69.7 cm³/mol. The van der Waals surface area contributed by atoms with Crippen LogP contribution in [-0.4, -0.2) is 34.9 Å². The van der Waals surface area contributed by atoms with Crippen molar-refractivity contribution < 1.29 is 4.79 Å². The van der Waals surface area contributed by atoms with Crippen LogP contribution in [0, 0.1) is 0 Å². The van der Waals surface area contributed by atoms with Gasteiger partial charge in [-0.1, -0.05) is 0 Å². The molecule has 0 aliphatic heterocycles. The average molecular weight is 236 g/mol. The van der Waals surface area contributed by atoms with Crippen LogP contribution < -0.4 is 11.1 Å². The third kappa shape index (κ3) is 3.34. The molecular formula is C12H20N4O. The molecule has 0 aliphatic carbocycles. The number of nitrogen functional groups attached to an aromatic ring is 1. The van der Waals surface area contributed by atoms with Crippen LogP contribution in [0.3, 0.4) is 0 Å². The number of hydrogen-bond acceptors (Lipinski definition) is 4. The fourth-order valence-corrected chi connectivity index (χ4v) is 1.64. The average Bonchev–Trinajstić information content (AvgIpc) is 2.33. The van der Waals surface area contributed by atoms with Crippen molar-refractivity contribution in [3.05, 3.63) is 18.5 Å². The SMILES string of the molecule is CCN(CC)C(=O)C(C)Nc1ccncc1N. The highest BCUT2D eigenvalue weighted by Crippen LogP contribution is 2.16. The molecule has 0 saturated heterocycles. The van der Waals surface area contributed by atoms with Crippen molar-refractivity contribution in [1.29, 1.82) is 0 Å². The molecule has 1 aromatic rings. The standard InChI is InChI=1S/C12H20N4O/c1-4-16(5-2)12(17)9(3)15-11-6-7-14-8-10(11)13/h6-9H,4-5,13H2,1-3H3,(H,14,15). The lowest BCUT2D eigenvalue weighted by atomic mass is 10.2. The molecule has 0 spiro atoms. The van der Waals surface area contributed by atoms with Gasteiger partial charge in [0, 0.05) is 19.3 Å². The van der Waals surface area contributed by atoms with Crippen LogP contribution in [0.1, 0.15) is 20.8 Å². The predicted octanol–water partition coefficient (Wildman–Crippen LogP) is 1.33. The lowest BCUT2D eigenvalue weighted by Gasteiger charge is -2.24. The first-order valence-corrected chi connectivity index (χ1v) is 5.84. The summed E-state index contributed by atoms with van der Waals surface area (Å²) in [6.07, 6.45) is 3.21. The number of carbonyl (C=O) groups is 1. The number of nitrogens with one attached hydrogen (secondary N) is 1. The number of carbonyl (C=O) groups excluding carboxylic acids is 1. The molecular weight excluding hydrogens is 216 g/mol. The zero-order valence-electron chi connectivity index (χ0n) is 10.6. The molecule has 1 atom stereocenters. The summed E-state index contributed by atoms with van der Waals surface area (Å²) in [5.74, 6) is 0.0752. The Kier molecular flexibility index (Phi) is 4.75. The molecule has 0 bridgehead atoms. The topological polar surface area (TPSA) is 71.2 Å². The fourth-order valence-electron chi connectivity index (χ4n) is 1.64. The van der Waals surface area contributed by atoms with Crippen LogP contribution in [0.2, 0.25) is 0 Å². The van der Waals surface area contributed by atoms with E-state index in [1.54, 1.807) is 23.4 Å². The van der Waals surface area contributed by atoms with Crippen molar-refractivity contribution >= 4 is 17.3 Å². The highest BCUT2D eigenvalue weighted by Gasteiger charge is 2.18. The zero-order chi connectivity index (χ0) is 12.8. The molecule has 0 aromatic carbocycles. The molecule has 1 amide bonds. The minimum Gasteiger partial charge on any atom is -0.396 e. The van der Waals surface area contributed by atoms with Gasteiger partial charge < -0.3 is 16.0 Å². The monoisotopic (exact) mass is 236 g/mol. The molecule has 94 valence electrons. The van der Waals surface area contributed by atoms with Gasteiger partial charge in [-0.25, -0.2) is 0 Å². The third-order valence-electron chi connectivity index (χ3n) is 2.67. The summed E-state index contributed by atoms with van der Waals surface area (Å²) in [5.41, 5.74) is 7.05. The quantitative estimate of drug-likeness (QED) is 0.809. The van der Waals surface area contributed by atoms with Gasteiger partial charge in [0.05, 0.1) is 17.6 Å². The van der Waals surface area contributed by atoms with Crippen LogP contribution in [0.15, 0.2) is 18.5 Å². The number of likely N-dealkylation sites (N-methyl/N-ethyl adjacent to an activating group) is 1. The van der Waals surface area contributed by atoms with Crippen LogP contribution >= 0.6 is 0 Å². The van der Waals surface area contributed by atoms with E-state index in [4.69, 9.17) is 5.73 Å². The summed E-state index contributed by atoms with van der Waals surface area (Å²) < 4.78 is 0. The lowest BCUT2D eigenvalue weighted by Crippen LogP contribution is -2.41. The molecule has 5 heteroatoms. The Balaban J connectivity index is 2.69. The van der Waals surface area contributed by atoms with Gasteiger partial charge in [0.1, 0.15) is 6.04 Å². The fraction of sp³-hybridized carbons (Fsp3) is 0.500. The van der Waals surface area contributed by atoms with E-state index in [0.29, 0.717) is 18.8 Å². The Hall–Kier alpha value is -1.78. The maximum Gasteiger partial charge on any atom is 0.244 e. The number of anilines is 2. The first-order valence-electron chi connectivity index (χ1n) is 5.84. The van der Waals surface area contributed by atoms with Gasteiger partial charge in [-0.15, -0.1) is 0 Å². The second-order valence-electron chi connectivity index (χ2n) is 3.84. The zero-order valence-corrected chi connectivity index (χ0v) is 10.6. The molecule has 0 radical (unpaired) electrons. The Morgan fingerprint density at radius 3 is 2.71 bits per heavy atom. The van der Waals surface area contributed by atoms with Gasteiger partial charge in [-0.2, -0.15) is 0 Å². The molecule has 1 unspecified atom stereocenters. The Morgan fingerprint density at radius 2 is 2.18 bits per heavy atom. The van der Waals surface area contributed by atoms with Crippen LogP contribution in [-0.2, 0) is 4.79 Å². The molecule has 3 N–H and O–H groups in total.